The molecule has 6 heteroatoms. The van der Waals surface area contributed by atoms with Crippen LogP contribution in [0.4, 0.5) is 15.8 Å². The summed E-state index contributed by atoms with van der Waals surface area (Å²) >= 11 is 0. The second-order valence-electron chi connectivity index (χ2n) is 4.15. The lowest BCUT2D eigenvalue weighted by Gasteiger charge is -2.23. The van der Waals surface area contributed by atoms with Crippen molar-refractivity contribution in [3.63, 3.8) is 0 Å². The highest BCUT2D eigenvalue weighted by Gasteiger charge is 2.18. The number of hydrogen-bond acceptors (Lipinski definition) is 4. The smallest absolute Gasteiger partial charge is 0.337 e. The topological polar surface area (TPSA) is 75.8 Å². The van der Waals surface area contributed by atoms with Crippen molar-refractivity contribution in [3.8, 4) is 0 Å². The monoisotopic (exact) mass is 254 g/mol. The number of nitrogen functional groups attached to an aromatic ring is 1. The van der Waals surface area contributed by atoms with Crippen molar-refractivity contribution in [3.05, 3.63) is 23.5 Å². The van der Waals surface area contributed by atoms with E-state index in [0.717, 1.165) is 12.5 Å². The van der Waals surface area contributed by atoms with Gasteiger partial charge < -0.3 is 20.5 Å². The number of halogens is 1. The minimum atomic E-state index is -1.15. The Bertz CT molecular complexity index is 457. The number of rotatable bonds is 2. The Hall–Kier alpha value is -1.82. The first kappa shape index (κ1) is 12.6. The average molecular weight is 254 g/mol. The van der Waals surface area contributed by atoms with Gasteiger partial charge in [0, 0.05) is 25.4 Å². The van der Waals surface area contributed by atoms with Gasteiger partial charge in [0.05, 0.1) is 17.9 Å². The van der Waals surface area contributed by atoms with Gasteiger partial charge in [-0.3, -0.25) is 0 Å². The predicted molar refractivity (Wildman–Crippen MR) is 65.4 cm³/mol. The molecule has 0 bridgehead atoms. The normalized spacial score (nSPS) is 16.4. The predicted octanol–water partition coefficient (Wildman–Crippen LogP) is 1.33. The maximum atomic E-state index is 13.9. The molecule has 3 N–H and O–H groups in total. The Morgan fingerprint density at radius 1 is 1.39 bits per heavy atom. The maximum Gasteiger partial charge on any atom is 0.337 e. The summed E-state index contributed by atoms with van der Waals surface area (Å²) in [5.41, 5.74) is 5.63. The third kappa shape index (κ3) is 2.53. The Labute approximate surface area is 104 Å². The number of carboxylic acids is 1. The zero-order chi connectivity index (χ0) is 13.1. The van der Waals surface area contributed by atoms with Gasteiger partial charge >= 0.3 is 5.97 Å². The largest absolute Gasteiger partial charge is 0.478 e. The first-order valence-corrected chi connectivity index (χ1v) is 5.74. The molecule has 1 aromatic rings. The summed E-state index contributed by atoms with van der Waals surface area (Å²) in [5, 5.41) is 8.99. The first-order chi connectivity index (χ1) is 8.59. The van der Waals surface area contributed by atoms with E-state index in [1.165, 1.54) is 6.07 Å². The molecule has 18 heavy (non-hydrogen) atoms. The molecule has 0 radical (unpaired) electrons. The van der Waals surface area contributed by atoms with Crippen LogP contribution in [-0.2, 0) is 4.74 Å². The molecule has 1 aliphatic rings. The Kier molecular flexibility index (Phi) is 3.66. The van der Waals surface area contributed by atoms with E-state index in [9.17, 15) is 9.18 Å². The Balaban J connectivity index is 2.36. The molecule has 1 aliphatic heterocycles. The molecule has 0 unspecified atom stereocenters. The second kappa shape index (κ2) is 5.22. The standard InChI is InChI=1S/C12H15FN2O3/c13-9-7-10(14)8(12(16)17)6-11(9)15-2-1-4-18-5-3-15/h6-7H,1-5,14H2,(H,16,17). The van der Waals surface area contributed by atoms with Crippen LogP contribution in [0.2, 0.25) is 0 Å². The van der Waals surface area contributed by atoms with Crippen LogP contribution in [0.25, 0.3) is 0 Å². The van der Waals surface area contributed by atoms with Gasteiger partial charge in [0.25, 0.3) is 0 Å². The van der Waals surface area contributed by atoms with Gasteiger partial charge in [0.2, 0.25) is 0 Å². The van der Waals surface area contributed by atoms with Gasteiger partial charge in [-0.1, -0.05) is 0 Å². The van der Waals surface area contributed by atoms with Crippen molar-refractivity contribution in [2.24, 2.45) is 0 Å². The highest BCUT2D eigenvalue weighted by Crippen LogP contribution is 2.26. The number of nitrogens with zero attached hydrogens (tertiary/aromatic N) is 1. The number of benzene rings is 1. The number of ether oxygens (including phenoxy) is 1. The van der Waals surface area contributed by atoms with E-state index in [1.54, 1.807) is 4.90 Å². The lowest BCUT2D eigenvalue weighted by Crippen LogP contribution is -2.27. The van der Waals surface area contributed by atoms with Crippen LogP contribution >= 0.6 is 0 Å². The van der Waals surface area contributed by atoms with Crippen LogP contribution in [0.5, 0.6) is 0 Å². The van der Waals surface area contributed by atoms with Gasteiger partial charge in [-0.2, -0.15) is 0 Å². The molecule has 1 heterocycles. The van der Waals surface area contributed by atoms with Crippen molar-refractivity contribution < 1.29 is 19.0 Å². The SMILES string of the molecule is Nc1cc(F)c(N2CCCOCC2)cc1C(=O)O. The summed E-state index contributed by atoms with van der Waals surface area (Å²) in [5.74, 6) is -1.65. The Morgan fingerprint density at radius 3 is 2.89 bits per heavy atom. The van der Waals surface area contributed by atoms with Gasteiger partial charge in [-0.15, -0.1) is 0 Å². The van der Waals surface area contributed by atoms with Crippen molar-refractivity contribution in [1.82, 2.24) is 0 Å². The summed E-state index contributed by atoms with van der Waals surface area (Å²) in [6, 6.07) is 2.35. The molecule has 1 saturated heterocycles. The number of anilines is 2. The zero-order valence-corrected chi connectivity index (χ0v) is 9.86. The number of nitrogens with two attached hydrogens (primary N) is 1. The van der Waals surface area contributed by atoms with E-state index in [2.05, 4.69) is 0 Å². The Morgan fingerprint density at radius 2 is 2.17 bits per heavy atom. The number of hydrogen-bond donors (Lipinski definition) is 2. The molecule has 0 spiro atoms. The molecule has 1 aromatic carbocycles. The molecule has 0 aliphatic carbocycles. The minimum absolute atomic E-state index is 0.0604. The molecule has 1 fully saturated rings. The first-order valence-electron chi connectivity index (χ1n) is 5.74. The quantitative estimate of drug-likeness (QED) is 0.779. The molecule has 98 valence electrons. The van der Waals surface area contributed by atoms with E-state index in [1.807, 2.05) is 0 Å². The zero-order valence-electron chi connectivity index (χ0n) is 9.86. The van der Waals surface area contributed by atoms with Crippen LogP contribution in [-0.4, -0.2) is 37.4 Å². The molecule has 2 rings (SSSR count). The van der Waals surface area contributed by atoms with E-state index in [4.69, 9.17) is 15.6 Å². The molecular weight excluding hydrogens is 239 g/mol. The van der Waals surface area contributed by atoms with Crippen molar-refractivity contribution in [2.45, 2.75) is 6.42 Å². The highest BCUT2D eigenvalue weighted by molar-refractivity contribution is 5.95. The van der Waals surface area contributed by atoms with Gasteiger partial charge in [0.15, 0.2) is 0 Å². The molecule has 0 aromatic heterocycles. The third-order valence-corrected chi connectivity index (χ3v) is 2.91. The van der Waals surface area contributed by atoms with Crippen LogP contribution in [0.3, 0.4) is 0 Å². The van der Waals surface area contributed by atoms with Crippen LogP contribution < -0.4 is 10.6 Å². The van der Waals surface area contributed by atoms with E-state index in [0.29, 0.717) is 26.3 Å². The maximum absolute atomic E-state index is 13.9. The fourth-order valence-corrected chi connectivity index (χ4v) is 1.99. The van der Waals surface area contributed by atoms with E-state index in [-0.39, 0.29) is 16.9 Å². The van der Waals surface area contributed by atoms with Gasteiger partial charge in [0.1, 0.15) is 5.82 Å². The van der Waals surface area contributed by atoms with Crippen LogP contribution in [0.15, 0.2) is 12.1 Å². The molecule has 0 amide bonds. The van der Waals surface area contributed by atoms with Crippen LogP contribution in [0, 0.1) is 5.82 Å². The number of aromatic carboxylic acids is 1. The fraction of sp³-hybridized carbons (Fsp3) is 0.417. The van der Waals surface area contributed by atoms with Gasteiger partial charge in [-0.25, -0.2) is 9.18 Å². The average Bonchev–Trinajstić information content (AvgIpc) is 2.57. The summed E-state index contributed by atoms with van der Waals surface area (Å²) in [4.78, 5) is 12.8. The lowest BCUT2D eigenvalue weighted by molar-refractivity contribution is 0.0698. The second-order valence-corrected chi connectivity index (χ2v) is 4.15. The fourth-order valence-electron chi connectivity index (χ4n) is 1.99. The minimum Gasteiger partial charge on any atom is -0.478 e. The van der Waals surface area contributed by atoms with Crippen molar-refractivity contribution in [2.75, 3.05) is 36.9 Å². The molecule has 0 saturated carbocycles. The van der Waals surface area contributed by atoms with Crippen molar-refractivity contribution in [1.29, 1.82) is 0 Å². The van der Waals surface area contributed by atoms with Crippen molar-refractivity contribution >= 4 is 17.3 Å². The van der Waals surface area contributed by atoms with E-state index >= 15 is 0 Å². The third-order valence-electron chi connectivity index (χ3n) is 2.91. The molecule has 5 nitrogen and oxygen atoms in total. The molecule has 0 atom stereocenters. The molecular formula is C12H15FN2O3. The van der Waals surface area contributed by atoms with Crippen LogP contribution in [0.1, 0.15) is 16.8 Å². The summed E-state index contributed by atoms with van der Waals surface area (Å²) in [6.07, 6.45) is 0.784. The summed E-state index contributed by atoms with van der Waals surface area (Å²) in [7, 11) is 0. The van der Waals surface area contributed by atoms with Gasteiger partial charge in [-0.05, 0) is 18.6 Å². The number of carbonyl (C=O) groups is 1. The summed E-state index contributed by atoms with van der Waals surface area (Å²) in [6.45, 7) is 2.32. The lowest BCUT2D eigenvalue weighted by atomic mass is 10.1. The number of carboxylic acid groups (broad SMARTS) is 1. The summed E-state index contributed by atoms with van der Waals surface area (Å²) < 4.78 is 19.1. The van der Waals surface area contributed by atoms with E-state index < -0.39 is 11.8 Å². The highest BCUT2D eigenvalue weighted by atomic mass is 19.1.